The molecule has 0 saturated heterocycles. The number of hydrogen-bond acceptors (Lipinski definition) is 9. The maximum absolute atomic E-state index is 12.8. The van der Waals surface area contributed by atoms with E-state index in [0.717, 1.165) is 50.6 Å². The van der Waals surface area contributed by atoms with Gasteiger partial charge in [0.25, 0.3) is 10.1 Å². The van der Waals surface area contributed by atoms with Crippen LogP contribution in [-0.4, -0.2) is 65.9 Å². The summed E-state index contributed by atoms with van der Waals surface area (Å²) < 4.78 is 46.7. The molecule has 5 aromatic rings. The smallest absolute Gasteiger partial charge is 0.261 e. The first-order chi connectivity index (χ1) is 22.7. The number of H-pyrrole nitrogens is 1. The van der Waals surface area contributed by atoms with Crippen LogP contribution in [-0.2, 0) is 26.8 Å². The summed E-state index contributed by atoms with van der Waals surface area (Å²) in [6, 6.07) is 18.0. The van der Waals surface area contributed by atoms with Crippen molar-refractivity contribution in [2.24, 2.45) is 7.05 Å². The molecule has 0 aliphatic rings. The molecule has 0 saturated carbocycles. The van der Waals surface area contributed by atoms with Crippen LogP contribution in [0.5, 0.6) is 11.5 Å². The number of benzene rings is 3. The highest BCUT2D eigenvalue weighted by Crippen LogP contribution is 2.36. The van der Waals surface area contributed by atoms with Crippen LogP contribution in [0.4, 0.5) is 15.8 Å². The molecule has 14 heteroatoms. The number of carbonyl (C=O) groups excluding carboxylic acids is 2. The predicted molar refractivity (Wildman–Crippen MR) is 185 cm³/mol. The minimum atomic E-state index is -3.67. The summed E-state index contributed by atoms with van der Waals surface area (Å²) in [5.74, 6) is 1.26. The van der Waals surface area contributed by atoms with Gasteiger partial charge in [0.2, 0.25) is 0 Å². The topological polar surface area (TPSA) is 160 Å². The van der Waals surface area contributed by atoms with E-state index in [9.17, 15) is 22.4 Å². The van der Waals surface area contributed by atoms with Crippen LogP contribution >= 0.6 is 0 Å². The fourth-order valence-electron chi connectivity index (χ4n) is 4.28. The number of carbonyl (C=O) groups is 2. The Morgan fingerprint density at radius 2 is 1.67 bits per heavy atom. The highest BCUT2D eigenvalue weighted by atomic mass is 32.2. The molecule has 0 amide bonds. The summed E-state index contributed by atoms with van der Waals surface area (Å²) in [4.78, 5) is 23.2. The molecule has 3 N–H and O–H groups in total. The van der Waals surface area contributed by atoms with Crippen LogP contribution in [0.25, 0.3) is 22.0 Å². The fraction of sp³-hybridized carbons (Fsp3) is 0.176. The largest absolute Gasteiger partial charge is 0.457 e. The lowest BCUT2D eigenvalue weighted by molar-refractivity contribution is -0.109. The molecule has 48 heavy (non-hydrogen) atoms. The van der Waals surface area contributed by atoms with Gasteiger partial charge in [-0.05, 0) is 86.2 Å². The van der Waals surface area contributed by atoms with E-state index in [1.807, 2.05) is 80.4 Å². The van der Waals surface area contributed by atoms with Gasteiger partial charge in [-0.25, -0.2) is 4.39 Å². The molecule has 0 unspecified atom stereocenters. The van der Waals surface area contributed by atoms with Gasteiger partial charge in [0.15, 0.2) is 12.6 Å². The van der Waals surface area contributed by atoms with E-state index in [4.69, 9.17) is 9.29 Å². The Hall–Kier alpha value is -5.60. The van der Waals surface area contributed by atoms with Gasteiger partial charge in [0, 0.05) is 60.9 Å². The number of ether oxygens (including phenoxy) is 1. The molecule has 0 aliphatic carbocycles. The highest BCUT2D eigenvalue weighted by Gasteiger charge is 2.13. The summed E-state index contributed by atoms with van der Waals surface area (Å²) in [6.07, 6.45) is 9.00. The molecule has 0 fully saturated rings. The maximum atomic E-state index is 12.8. The summed E-state index contributed by atoms with van der Waals surface area (Å²) >= 11 is 0. The zero-order valence-corrected chi connectivity index (χ0v) is 28.1. The molecule has 12 nitrogen and oxygen atoms in total. The van der Waals surface area contributed by atoms with Crippen molar-refractivity contribution < 1.29 is 31.7 Å². The Morgan fingerprint density at radius 1 is 1.04 bits per heavy atom. The number of hydrogen-bond donors (Lipinski definition) is 3. The number of aryl methyl sites for hydroxylation is 1. The lowest BCUT2D eigenvalue weighted by atomic mass is 10.1. The normalized spacial score (nSPS) is 11.0. The molecular formula is C34H37FN6O6S. The third-order valence-electron chi connectivity index (χ3n) is 6.91. The van der Waals surface area contributed by atoms with Crippen molar-refractivity contribution in [3.05, 3.63) is 108 Å². The summed E-state index contributed by atoms with van der Waals surface area (Å²) in [5.41, 5.74) is 6.40. The van der Waals surface area contributed by atoms with E-state index < -0.39 is 10.1 Å². The number of rotatable bonds is 9. The van der Waals surface area contributed by atoms with Crippen LogP contribution in [0.2, 0.25) is 0 Å². The van der Waals surface area contributed by atoms with E-state index in [2.05, 4.69) is 26.7 Å². The second-order valence-corrected chi connectivity index (χ2v) is 11.9. The predicted octanol–water partition coefficient (Wildman–Crippen LogP) is 6.18. The zero-order valence-electron chi connectivity index (χ0n) is 27.3. The quantitative estimate of drug-likeness (QED) is 0.0411. The lowest BCUT2D eigenvalue weighted by Crippen LogP contribution is -2.14. The van der Waals surface area contributed by atoms with Gasteiger partial charge in [-0.3, -0.25) is 23.9 Å². The Balaban J connectivity index is 0.000000234. The first kappa shape index (κ1) is 36.9. The Bertz CT molecular complexity index is 1990. The van der Waals surface area contributed by atoms with E-state index in [1.54, 1.807) is 31.3 Å². The van der Waals surface area contributed by atoms with Crippen molar-refractivity contribution in [3.63, 3.8) is 0 Å². The van der Waals surface area contributed by atoms with E-state index in [0.29, 0.717) is 24.4 Å². The van der Waals surface area contributed by atoms with E-state index >= 15 is 0 Å². The van der Waals surface area contributed by atoms with Crippen molar-refractivity contribution in [1.29, 1.82) is 0 Å². The van der Waals surface area contributed by atoms with Gasteiger partial charge in [0.05, 0.1) is 29.7 Å². The number of allylic oxidation sites excluding steroid dienone is 4. The molecular weight excluding hydrogens is 639 g/mol. The SMILES string of the molecule is CC(/C=C(/C)N(C)c1ccc(F)cc1)=C(C=O)C=O.CNc1ccc(Oc2cc3cnn(C)c3cc2-c2cn[nH]c2)cc1.CS(=O)(=O)O. The third kappa shape index (κ3) is 10.7. The molecule has 252 valence electrons. The molecule has 2 heterocycles. The van der Waals surface area contributed by atoms with Crippen LogP contribution in [0.15, 0.2) is 102 Å². The van der Waals surface area contributed by atoms with Crippen molar-refractivity contribution in [1.82, 2.24) is 20.0 Å². The van der Waals surface area contributed by atoms with Crippen LogP contribution in [0.3, 0.4) is 0 Å². The first-order valence-corrected chi connectivity index (χ1v) is 16.2. The average molecular weight is 677 g/mol. The number of anilines is 2. The Morgan fingerprint density at radius 3 is 2.21 bits per heavy atom. The molecule has 0 aliphatic heterocycles. The van der Waals surface area contributed by atoms with Gasteiger partial charge < -0.3 is 15.0 Å². The molecule has 0 radical (unpaired) electrons. The number of aromatic amines is 1. The molecule has 0 bridgehead atoms. The summed E-state index contributed by atoms with van der Waals surface area (Å²) in [6.45, 7) is 3.54. The van der Waals surface area contributed by atoms with Crippen molar-refractivity contribution in [2.45, 2.75) is 13.8 Å². The number of fused-ring (bicyclic) bond motifs is 1. The van der Waals surface area contributed by atoms with Gasteiger partial charge in [-0.1, -0.05) is 0 Å². The zero-order chi connectivity index (χ0) is 35.4. The second kappa shape index (κ2) is 16.8. The van der Waals surface area contributed by atoms with E-state index in [-0.39, 0.29) is 11.4 Å². The summed E-state index contributed by atoms with van der Waals surface area (Å²) in [7, 11) is 1.98. The number of aromatic nitrogens is 4. The number of aldehydes is 2. The van der Waals surface area contributed by atoms with Crippen LogP contribution < -0.4 is 15.0 Å². The molecule has 3 aromatic carbocycles. The van der Waals surface area contributed by atoms with Gasteiger partial charge in [-0.2, -0.15) is 18.6 Å². The van der Waals surface area contributed by atoms with E-state index in [1.165, 1.54) is 12.1 Å². The molecule has 2 aromatic heterocycles. The third-order valence-corrected chi connectivity index (χ3v) is 6.91. The number of nitrogens with zero attached hydrogens (tertiary/aromatic N) is 4. The average Bonchev–Trinajstić information content (AvgIpc) is 3.71. The Kier molecular flexibility index (Phi) is 12.9. The number of halogens is 1. The van der Waals surface area contributed by atoms with Crippen LogP contribution in [0.1, 0.15) is 13.8 Å². The minimum Gasteiger partial charge on any atom is -0.457 e. The standard InChI is InChI=1S/C18H17N5O.C15H16FNO2.CH4O3S/c1-19-14-3-5-15(6-4-14)24-18-7-12-11-22-23(2)17(12)8-16(18)13-9-20-21-10-13;1-11(13(9-18)10-19)8-12(2)17(3)15-6-4-14(16)5-7-15;1-5(2,3)4/h3-11,19H,1-2H3,(H,20,21);4-10H,1-3H3;1H3,(H,2,3,4)/b;12-8-;. The minimum absolute atomic E-state index is 0.117. The number of nitrogens with one attached hydrogen (secondary N) is 2. The van der Waals surface area contributed by atoms with Gasteiger partial charge >= 0.3 is 0 Å². The van der Waals surface area contributed by atoms with Crippen LogP contribution in [0, 0.1) is 5.82 Å². The molecule has 0 spiro atoms. The molecule has 0 atom stereocenters. The second-order valence-electron chi connectivity index (χ2n) is 10.5. The maximum Gasteiger partial charge on any atom is 0.261 e. The Labute approximate surface area is 278 Å². The fourth-order valence-corrected chi connectivity index (χ4v) is 4.28. The van der Waals surface area contributed by atoms with Gasteiger partial charge in [0.1, 0.15) is 17.3 Å². The highest BCUT2D eigenvalue weighted by molar-refractivity contribution is 7.85. The van der Waals surface area contributed by atoms with Crippen molar-refractivity contribution in [2.75, 3.05) is 30.6 Å². The first-order valence-electron chi connectivity index (χ1n) is 14.4. The van der Waals surface area contributed by atoms with Crippen molar-refractivity contribution in [3.8, 4) is 22.6 Å². The van der Waals surface area contributed by atoms with Crippen molar-refractivity contribution >= 4 is 45.0 Å². The molecule has 5 rings (SSSR count). The van der Waals surface area contributed by atoms with Gasteiger partial charge in [-0.15, -0.1) is 0 Å². The monoisotopic (exact) mass is 676 g/mol. The summed E-state index contributed by atoms with van der Waals surface area (Å²) in [5, 5.41) is 15.4. The lowest BCUT2D eigenvalue weighted by Gasteiger charge is -2.20.